The van der Waals surface area contributed by atoms with Crippen LogP contribution in [0.25, 0.3) is 0 Å². The summed E-state index contributed by atoms with van der Waals surface area (Å²) in [4.78, 5) is 56.0. The first-order chi connectivity index (χ1) is 17.9. The van der Waals surface area contributed by atoms with E-state index < -0.39 is 17.1 Å². The number of imide groups is 1. The summed E-state index contributed by atoms with van der Waals surface area (Å²) < 4.78 is 1.44. The van der Waals surface area contributed by atoms with Crippen molar-refractivity contribution in [1.29, 1.82) is 0 Å². The highest BCUT2D eigenvalue weighted by atomic mass is 32.2. The quantitative estimate of drug-likeness (QED) is 0.366. The van der Waals surface area contributed by atoms with Gasteiger partial charge in [-0.1, -0.05) is 65.1 Å². The van der Waals surface area contributed by atoms with Crippen molar-refractivity contribution >= 4 is 63.5 Å². The van der Waals surface area contributed by atoms with E-state index in [2.05, 4.69) is 5.32 Å². The number of carbonyl (C=O) groups excluding carboxylic acids is 3. The molecule has 1 N–H and O–H groups in total. The summed E-state index contributed by atoms with van der Waals surface area (Å²) in [7, 11) is 0. The Morgan fingerprint density at radius 1 is 0.946 bits per heavy atom. The average Bonchev–Trinajstić information content (AvgIpc) is 3.59. The Morgan fingerprint density at radius 2 is 1.70 bits per heavy atom. The molecule has 0 radical (unpaired) electrons. The molecule has 0 spiro atoms. The van der Waals surface area contributed by atoms with Crippen molar-refractivity contribution in [1.82, 2.24) is 4.57 Å². The molecule has 2 aliphatic rings. The van der Waals surface area contributed by atoms with Crippen molar-refractivity contribution in [3.63, 3.8) is 0 Å². The lowest BCUT2D eigenvalue weighted by atomic mass is 9.87. The van der Waals surface area contributed by atoms with Gasteiger partial charge in [0.1, 0.15) is 11.8 Å². The first-order valence-corrected chi connectivity index (χ1v) is 14.2. The van der Waals surface area contributed by atoms with Gasteiger partial charge in [-0.15, -0.1) is 11.3 Å². The van der Waals surface area contributed by atoms with Crippen LogP contribution in [0.15, 0.2) is 81.9 Å². The highest BCUT2D eigenvalue weighted by Crippen LogP contribution is 2.54. The van der Waals surface area contributed by atoms with Gasteiger partial charge in [-0.05, 0) is 42.6 Å². The molecule has 6 rings (SSSR count). The first-order valence-electron chi connectivity index (χ1n) is 11.7. The minimum absolute atomic E-state index is 0.176. The van der Waals surface area contributed by atoms with E-state index in [1.54, 1.807) is 24.3 Å². The van der Waals surface area contributed by atoms with E-state index in [0.29, 0.717) is 16.4 Å². The van der Waals surface area contributed by atoms with Crippen molar-refractivity contribution in [2.45, 2.75) is 29.7 Å². The Balaban J connectivity index is 1.38. The molecule has 2 aromatic carbocycles. The molecule has 0 aliphatic carbocycles. The fourth-order valence-corrected chi connectivity index (χ4v) is 8.56. The number of aryl methyl sites for hydroxylation is 1. The highest BCUT2D eigenvalue weighted by molar-refractivity contribution is 8.00. The fourth-order valence-electron chi connectivity index (χ4n) is 4.84. The van der Waals surface area contributed by atoms with E-state index in [1.165, 1.54) is 32.6 Å². The number of thiophene rings is 1. The number of carbonyl (C=O) groups is 3. The number of fused-ring (bicyclic) bond motifs is 2. The number of hydrogen-bond acceptors (Lipinski definition) is 7. The standard InChI is InChI=1S/C27H21N3O4S3/c1-15-9-11-16(12-10-15)28-19(31)14-29-26-23(37-27(29)34)20(18-8-5-13-35-18)21-22(36-26)25(33)30(24(21)32)17-6-3-2-4-7-17/h2-13,20-22H,14H2,1H3,(H,28,31). The molecule has 1 fully saturated rings. The molecule has 2 aromatic heterocycles. The second-order valence-electron chi connectivity index (χ2n) is 8.94. The summed E-state index contributed by atoms with van der Waals surface area (Å²) in [5, 5.41) is 4.67. The van der Waals surface area contributed by atoms with Crippen LogP contribution in [-0.4, -0.2) is 27.5 Å². The maximum Gasteiger partial charge on any atom is 0.308 e. The fraction of sp³-hybridized carbons (Fsp3) is 0.185. The summed E-state index contributed by atoms with van der Waals surface area (Å²) in [6.07, 6.45) is 0. The van der Waals surface area contributed by atoms with Crippen molar-refractivity contribution in [2.75, 3.05) is 10.2 Å². The molecule has 2 aliphatic heterocycles. The Bertz CT molecular complexity index is 1560. The zero-order valence-corrected chi connectivity index (χ0v) is 22.1. The van der Waals surface area contributed by atoms with Crippen molar-refractivity contribution in [3.8, 4) is 0 Å². The monoisotopic (exact) mass is 547 g/mol. The van der Waals surface area contributed by atoms with Crippen molar-refractivity contribution in [3.05, 3.63) is 97.1 Å². The summed E-state index contributed by atoms with van der Waals surface area (Å²) in [6.45, 7) is 1.79. The second kappa shape index (κ2) is 9.44. The van der Waals surface area contributed by atoms with Gasteiger partial charge in [-0.2, -0.15) is 0 Å². The van der Waals surface area contributed by atoms with Crippen LogP contribution in [0.1, 0.15) is 21.2 Å². The number of nitrogens with one attached hydrogen (secondary N) is 1. The number of para-hydroxylation sites is 1. The smallest absolute Gasteiger partial charge is 0.308 e. The van der Waals surface area contributed by atoms with Gasteiger partial charge in [0.05, 0.1) is 16.6 Å². The average molecular weight is 548 g/mol. The van der Waals surface area contributed by atoms with Gasteiger partial charge in [0, 0.05) is 21.4 Å². The predicted octanol–water partition coefficient (Wildman–Crippen LogP) is 4.71. The molecular formula is C27H21N3O4S3. The minimum Gasteiger partial charge on any atom is -0.325 e. The van der Waals surface area contributed by atoms with Gasteiger partial charge >= 0.3 is 4.87 Å². The van der Waals surface area contributed by atoms with E-state index in [1.807, 2.05) is 54.8 Å². The van der Waals surface area contributed by atoms with Gasteiger partial charge in [0.2, 0.25) is 17.7 Å². The molecule has 37 heavy (non-hydrogen) atoms. The highest BCUT2D eigenvalue weighted by Gasteiger charge is 2.57. The lowest BCUT2D eigenvalue weighted by molar-refractivity contribution is -0.122. The van der Waals surface area contributed by atoms with Crippen LogP contribution >= 0.6 is 34.4 Å². The number of benzene rings is 2. The number of rotatable bonds is 5. The molecule has 3 amide bonds. The van der Waals surface area contributed by atoms with E-state index in [-0.39, 0.29) is 29.1 Å². The van der Waals surface area contributed by atoms with Crippen LogP contribution in [0, 0.1) is 12.8 Å². The SMILES string of the molecule is Cc1ccc(NC(=O)Cn2c3c(sc2=O)C(c2cccs2)C2C(=O)N(c4ccccc4)C(=O)C2S3)cc1. The Labute approximate surface area is 224 Å². The molecule has 4 heterocycles. The maximum absolute atomic E-state index is 13.7. The van der Waals surface area contributed by atoms with Crippen molar-refractivity contribution in [2.24, 2.45) is 5.92 Å². The van der Waals surface area contributed by atoms with E-state index in [4.69, 9.17) is 0 Å². The Morgan fingerprint density at radius 3 is 2.41 bits per heavy atom. The van der Waals surface area contributed by atoms with Gasteiger partial charge in [0.25, 0.3) is 0 Å². The summed E-state index contributed by atoms with van der Waals surface area (Å²) in [6, 6.07) is 20.2. The molecule has 0 bridgehead atoms. The van der Waals surface area contributed by atoms with Crippen molar-refractivity contribution < 1.29 is 14.4 Å². The molecule has 0 saturated carbocycles. The lowest BCUT2D eigenvalue weighted by Crippen LogP contribution is -2.32. The third-order valence-electron chi connectivity index (χ3n) is 6.55. The van der Waals surface area contributed by atoms with E-state index in [9.17, 15) is 19.2 Å². The number of nitrogens with zero attached hydrogens (tertiary/aromatic N) is 2. The number of hydrogen-bond donors (Lipinski definition) is 1. The lowest BCUT2D eigenvalue weighted by Gasteiger charge is -2.29. The zero-order chi connectivity index (χ0) is 25.7. The summed E-state index contributed by atoms with van der Waals surface area (Å²) in [5.41, 5.74) is 2.26. The largest absolute Gasteiger partial charge is 0.325 e. The third kappa shape index (κ3) is 4.14. The molecule has 3 unspecified atom stereocenters. The van der Waals surface area contributed by atoms with Crippen LogP contribution in [0.3, 0.4) is 0 Å². The zero-order valence-electron chi connectivity index (χ0n) is 19.6. The topological polar surface area (TPSA) is 88.5 Å². The predicted molar refractivity (Wildman–Crippen MR) is 147 cm³/mol. The van der Waals surface area contributed by atoms with Gasteiger partial charge in [0.15, 0.2) is 0 Å². The van der Waals surface area contributed by atoms with Crippen LogP contribution in [0.4, 0.5) is 11.4 Å². The Hall–Kier alpha value is -3.47. The maximum atomic E-state index is 13.7. The number of thiazole rings is 1. The van der Waals surface area contributed by atoms with Gasteiger partial charge in [-0.25, -0.2) is 4.90 Å². The number of anilines is 2. The van der Waals surface area contributed by atoms with E-state index >= 15 is 0 Å². The normalized spacial score (nSPS) is 20.6. The van der Waals surface area contributed by atoms with Crippen LogP contribution in [0.2, 0.25) is 0 Å². The molecule has 1 saturated heterocycles. The van der Waals surface area contributed by atoms with Gasteiger partial charge in [-0.3, -0.25) is 23.7 Å². The Kier molecular flexibility index (Phi) is 6.10. The molecule has 7 nitrogen and oxygen atoms in total. The minimum atomic E-state index is -0.687. The van der Waals surface area contributed by atoms with Crippen LogP contribution in [-0.2, 0) is 20.9 Å². The first kappa shape index (κ1) is 23.9. The number of aromatic nitrogens is 1. The van der Waals surface area contributed by atoms with E-state index in [0.717, 1.165) is 26.7 Å². The molecule has 3 atom stereocenters. The molecule has 186 valence electrons. The second-order valence-corrected chi connectivity index (χ2v) is 12.0. The summed E-state index contributed by atoms with van der Waals surface area (Å²) >= 11 is 3.78. The molecular weight excluding hydrogens is 527 g/mol. The third-order valence-corrected chi connectivity index (χ3v) is 10.1. The number of thioether (sulfide) groups is 1. The molecule has 10 heteroatoms. The van der Waals surface area contributed by atoms with Crippen LogP contribution < -0.4 is 15.1 Å². The van der Waals surface area contributed by atoms with Gasteiger partial charge < -0.3 is 5.32 Å². The number of amides is 3. The van der Waals surface area contributed by atoms with Crippen LogP contribution in [0.5, 0.6) is 0 Å². The molecule has 4 aromatic rings. The summed E-state index contributed by atoms with van der Waals surface area (Å²) in [5.74, 6) is -1.95.